The first-order chi connectivity index (χ1) is 19.5. The normalized spacial score (nSPS) is 13.3. The summed E-state index contributed by atoms with van der Waals surface area (Å²) in [5.41, 5.74) is -0.757. The maximum absolute atomic E-state index is 13.8. The molecule has 0 heterocycles. The summed E-state index contributed by atoms with van der Waals surface area (Å²) < 4.78 is 181. The third kappa shape index (κ3) is 6.96. The van der Waals surface area contributed by atoms with Gasteiger partial charge in [-0.2, -0.15) is 62.3 Å². The predicted molar refractivity (Wildman–Crippen MR) is 119 cm³/mol. The van der Waals surface area contributed by atoms with Gasteiger partial charge in [-0.3, -0.25) is 4.79 Å². The van der Waals surface area contributed by atoms with Gasteiger partial charge in [0.2, 0.25) is 5.43 Å². The monoisotopic (exact) mass is 641 g/mol. The lowest BCUT2D eigenvalue weighted by molar-refractivity contribution is -0.440. The fourth-order valence-corrected chi connectivity index (χ4v) is 3.15. The highest BCUT2D eigenvalue weighted by atomic mass is 19.4. The van der Waals surface area contributed by atoms with Crippen LogP contribution in [-0.4, -0.2) is 48.4 Å². The van der Waals surface area contributed by atoms with E-state index in [1.165, 1.54) is 12.1 Å². The van der Waals surface area contributed by atoms with Crippen molar-refractivity contribution in [2.24, 2.45) is 0 Å². The second-order valence-electron chi connectivity index (χ2n) is 8.68. The highest BCUT2D eigenvalue weighted by molar-refractivity contribution is 5.91. The molecule has 0 aliphatic heterocycles. The Bertz CT molecular complexity index is 1400. The first-order valence-corrected chi connectivity index (χ1v) is 11.5. The fourth-order valence-electron chi connectivity index (χ4n) is 3.15. The summed E-state index contributed by atoms with van der Waals surface area (Å²) in [6.07, 6.45) is -11.6. The molecular formula is C25H16F13NO4. The topological polar surface area (TPSA) is 76.4 Å². The van der Waals surface area contributed by atoms with E-state index in [4.69, 9.17) is 14.7 Å². The Morgan fingerprint density at radius 2 is 1.23 bits per heavy atom. The second-order valence-corrected chi connectivity index (χ2v) is 8.68. The van der Waals surface area contributed by atoms with Crippen LogP contribution in [0.25, 0.3) is 0 Å². The fraction of sp³-hybridized carbons (Fsp3) is 0.400. The molecule has 0 radical (unpaired) electrons. The standard InChI is InChI=1S/C25H16F13NO4/c26-20(27,21(28,29)22(30,31)23(32,33)24(34,35)25(36,37)38)11-1-2-12-42-16-7-5-15(6-8-16)19(41)43-18-10-4-14(13-39)3-9-17(18)40/h3-10H,1-2,11-12H2. The van der Waals surface area contributed by atoms with Crippen molar-refractivity contribution in [1.29, 1.82) is 5.26 Å². The summed E-state index contributed by atoms with van der Waals surface area (Å²) in [7, 11) is 0. The number of hydrogen-bond donors (Lipinski definition) is 0. The number of carbonyl (C=O) groups excluding carboxylic acids is 1. The van der Waals surface area contributed by atoms with E-state index in [9.17, 15) is 66.7 Å². The molecule has 0 aliphatic carbocycles. The van der Waals surface area contributed by atoms with Gasteiger partial charge in [0.15, 0.2) is 5.75 Å². The molecule has 0 amide bonds. The molecule has 0 N–H and O–H groups in total. The van der Waals surface area contributed by atoms with E-state index in [2.05, 4.69) is 0 Å². The van der Waals surface area contributed by atoms with Crippen LogP contribution in [0.2, 0.25) is 0 Å². The van der Waals surface area contributed by atoms with Crippen LogP contribution in [0.1, 0.15) is 35.2 Å². The smallest absolute Gasteiger partial charge is 0.460 e. The van der Waals surface area contributed by atoms with E-state index in [0.29, 0.717) is 0 Å². The number of halogens is 13. The lowest BCUT2D eigenvalue weighted by Crippen LogP contribution is -2.70. The zero-order valence-electron chi connectivity index (χ0n) is 20.9. The number of nitrogens with zero attached hydrogens (tertiary/aromatic N) is 1. The molecule has 43 heavy (non-hydrogen) atoms. The number of carbonyl (C=O) groups is 1. The molecule has 2 aromatic rings. The summed E-state index contributed by atoms with van der Waals surface area (Å²) >= 11 is 0. The Labute approximate surface area is 232 Å². The maximum Gasteiger partial charge on any atom is 0.460 e. The van der Waals surface area contributed by atoms with E-state index in [-0.39, 0.29) is 16.9 Å². The van der Waals surface area contributed by atoms with Crippen molar-refractivity contribution in [3.05, 3.63) is 69.9 Å². The summed E-state index contributed by atoms with van der Waals surface area (Å²) in [5, 5.41) is 8.84. The minimum absolute atomic E-state index is 0.0662. The number of alkyl halides is 13. The van der Waals surface area contributed by atoms with Gasteiger partial charge in [0.05, 0.1) is 23.8 Å². The Morgan fingerprint density at radius 1 is 0.698 bits per heavy atom. The van der Waals surface area contributed by atoms with E-state index in [1.54, 1.807) is 6.07 Å². The van der Waals surface area contributed by atoms with Crippen LogP contribution in [0, 0.1) is 11.3 Å². The molecule has 2 rings (SSSR count). The number of nitriles is 1. The van der Waals surface area contributed by atoms with Gasteiger partial charge < -0.3 is 9.47 Å². The van der Waals surface area contributed by atoms with E-state index >= 15 is 0 Å². The molecule has 0 aromatic heterocycles. The van der Waals surface area contributed by atoms with Gasteiger partial charge >= 0.3 is 41.8 Å². The predicted octanol–water partition coefficient (Wildman–Crippen LogP) is 7.43. The number of hydrogen-bond acceptors (Lipinski definition) is 5. The van der Waals surface area contributed by atoms with Crippen LogP contribution in [0.5, 0.6) is 11.5 Å². The van der Waals surface area contributed by atoms with Crippen molar-refractivity contribution in [3.8, 4) is 17.6 Å². The Morgan fingerprint density at radius 3 is 1.77 bits per heavy atom. The zero-order valence-corrected chi connectivity index (χ0v) is 20.9. The largest absolute Gasteiger partial charge is 0.494 e. The Balaban J connectivity index is 1.97. The van der Waals surface area contributed by atoms with Gasteiger partial charge in [-0.1, -0.05) is 0 Å². The Hall–Kier alpha value is -4.04. The minimum Gasteiger partial charge on any atom is -0.494 e. The molecule has 0 saturated heterocycles. The van der Waals surface area contributed by atoms with Gasteiger partial charge in [0.1, 0.15) is 5.75 Å². The molecular weight excluding hydrogens is 625 g/mol. The number of ether oxygens (including phenoxy) is 2. The van der Waals surface area contributed by atoms with E-state index < -0.39 is 78.8 Å². The first-order valence-electron chi connectivity index (χ1n) is 11.5. The third-order valence-corrected chi connectivity index (χ3v) is 5.65. The molecule has 0 aliphatic rings. The summed E-state index contributed by atoms with van der Waals surface area (Å²) in [6.45, 7) is -0.592. The molecule has 0 bridgehead atoms. The quantitative estimate of drug-likeness (QED) is 0.137. The lowest BCUT2D eigenvalue weighted by atomic mass is 9.92. The number of benzene rings is 1. The average Bonchev–Trinajstić information content (AvgIpc) is 3.08. The number of rotatable bonds is 12. The molecule has 236 valence electrons. The summed E-state index contributed by atoms with van der Waals surface area (Å²) in [5.74, 6) is -38.5. The number of unbranched alkanes of at least 4 members (excludes halogenated alkanes) is 1. The molecule has 2 aromatic carbocycles. The van der Waals surface area contributed by atoms with E-state index in [0.717, 1.165) is 36.4 Å². The van der Waals surface area contributed by atoms with Gasteiger partial charge in [0, 0.05) is 6.42 Å². The van der Waals surface area contributed by atoms with Crippen LogP contribution in [0.15, 0.2) is 53.3 Å². The van der Waals surface area contributed by atoms with Crippen molar-refractivity contribution in [2.75, 3.05) is 6.61 Å². The van der Waals surface area contributed by atoms with Gasteiger partial charge in [-0.15, -0.1) is 0 Å². The zero-order chi connectivity index (χ0) is 33.1. The van der Waals surface area contributed by atoms with Crippen molar-refractivity contribution >= 4 is 5.97 Å². The lowest BCUT2D eigenvalue weighted by Gasteiger charge is -2.39. The van der Waals surface area contributed by atoms with Crippen LogP contribution in [0.3, 0.4) is 0 Å². The molecule has 0 atom stereocenters. The van der Waals surface area contributed by atoms with Gasteiger partial charge in [-0.25, -0.2) is 4.79 Å². The van der Waals surface area contributed by atoms with Crippen LogP contribution >= 0.6 is 0 Å². The maximum atomic E-state index is 13.8. The molecule has 0 fully saturated rings. The van der Waals surface area contributed by atoms with Crippen LogP contribution in [0.4, 0.5) is 57.1 Å². The van der Waals surface area contributed by atoms with Crippen LogP contribution in [-0.2, 0) is 0 Å². The average molecular weight is 641 g/mol. The molecule has 0 unspecified atom stereocenters. The van der Waals surface area contributed by atoms with Crippen molar-refractivity contribution in [2.45, 2.75) is 55.1 Å². The minimum atomic E-state index is -7.94. The molecule has 18 heteroatoms. The number of esters is 1. The van der Waals surface area contributed by atoms with E-state index in [1.807, 2.05) is 0 Å². The Kier molecular flexibility index (Phi) is 10.0. The highest BCUT2D eigenvalue weighted by Gasteiger charge is 2.90. The van der Waals surface area contributed by atoms with Crippen LogP contribution < -0.4 is 14.9 Å². The van der Waals surface area contributed by atoms with Crippen molar-refractivity contribution in [1.82, 2.24) is 0 Å². The van der Waals surface area contributed by atoms with Crippen molar-refractivity contribution < 1.29 is 71.3 Å². The second kappa shape index (κ2) is 12.3. The summed E-state index contributed by atoms with van der Waals surface area (Å²) in [6, 6.07) is 10.7. The molecule has 0 spiro atoms. The van der Waals surface area contributed by atoms with Gasteiger partial charge in [0.25, 0.3) is 0 Å². The highest BCUT2D eigenvalue weighted by Crippen LogP contribution is 2.60. The SMILES string of the molecule is N#Cc1ccc(OC(=O)c2ccc(OCCCCC(F)(F)C(F)(F)C(F)(F)C(F)(F)C(F)(F)C(F)(F)F)cc2)c(=O)cc1. The molecule has 5 nitrogen and oxygen atoms in total. The third-order valence-electron chi connectivity index (χ3n) is 5.65. The van der Waals surface area contributed by atoms with Gasteiger partial charge in [-0.05, 0) is 61.4 Å². The summed E-state index contributed by atoms with van der Waals surface area (Å²) in [4.78, 5) is 24.2. The van der Waals surface area contributed by atoms with Crippen molar-refractivity contribution in [3.63, 3.8) is 0 Å². The molecule has 0 saturated carbocycles. The first kappa shape index (κ1) is 35.2.